The molecule has 4 heteroatoms. The van der Waals surface area contributed by atoms with Crippen LogP contribution in [0.3, 0.4) is 0 Å². The molecular formula is C13H19ClOS2. The molecule has 0 fully saturated rings. The fourth-order valence-electron chi connectivity index (χ4n) is 1.19. The van der Waals surface area contributed by atoms with Gasteiger partial charge in [0.15, 0.2) is 0 Å². The Morgan fingerprint density at radius 3 is 2.65 bits per heavy atom. The topological polar surface area (TPSA) is 20.2 Å². The van der Waals surface area contributed by atoms with Gasteiger partial charge in [0, 0.05) is 21.7 Å². The van der Waals surface area contributed by atoms with Gasteiger partial charge in [-0.2, -0.15) is 11.8 Å². The van der Waals surface area contributed by atoms with Crippen LogP contribution in [0.2, 0.25) is 5.02 Å². The number of hydrogen-bond donors (Lipinski definition) is 1. The van der Waals surface area contributed by atoms with Crippen molar-refractivity contribution in [1.29, 1.82) is 0 Å². The van der Waals surface area contributed by atoms with Crippen molar-refractivity contribution in [2.24, 2.45) is 0 Å². The van der Waals surface area contributed by atoms with Crippen LogP contribution in [-0.4, -0.2) is 28.0 Å². The van der Waals surface area contributed by atoms with Crippen LogP contribution in [0.15, 0.2) is 29.2 Å². The molecule has 0 spiro atoms. The first-order valence-electron chi connectivity index (χ1n) is 5.80. The lowest BCUT2D eigenvalue weighted by atomic mass is 10.4. The van der Waals surface area contributed by atoms with Gasteiger partial charge in [-0.25, -0.2) is 0 Å². The molecule has 1 aromatic carbocycles. The Labute approximate surface area is 117 Å². The third kappa shape index (κ3) is 6.05. The maximum Gasteiger partial charge on any atom is 0.0724 e. The highest BCUT2D eigenvalue weighted by atomic mass is 35.5. The van der Waals surface area contributed by atoms with Crippen LogP contribution in [0.5, 0.6) is 0 Å². The first kappa shape index (κ1) is 15.2. The van der Waals surface area contributed by atoms with E-state index >= 15 is 0 Å². The Kier molecular flexibility index (Phi) is 7.44. The zero-order chi connectivity index (χ0) is 12.7. The van der Waals surface area contributed by atoms with E-state index in [4.69, 9.17) is 11.6 Å². The van der Waals surface area contributed by atoms with E-state index in [1.165, 1.54) is 0 Å². The Hall–Kier alpha value is 0.170. The monoisotopic (exact) mass is 290 g/mol. The summed E-state index contributed by atoms with van der Waals surface area (Å²) in [6.07, 6.45) is 0.880. The summed E-state index contributed by atoms with van der Waals surface area (Å²) >= 11 is 9.50. The number of hydrogen-bond acceptors (Lipinski definition) is 3. The highest BCUT2D eigenvalue weighted by molar-refractivity contribution is 8.00. The smallest absolute Gasteiger partial charge is 0.0724 e. The van der Waals surface area contributed by atoms with E-state index < -0.39 is 0 Å². The molecule has 0 aliphatic carbocycles. The number of aliphatic hydroxyl groups excluding tert-OH is 1. The van der Waals surface area contributed by atoms with Crippen molar-refractivity contribution < 1.29 is 5.11 Å². The van der Waals surface area contributed by atoms with Gasteiger partial charge in [-0.15, -0.1) is 11.8 Å². The molecule has 2 unspecified atom stereocenters. The van der Waals surface area contributed by atoms with Gasteiger partial charge in [0.05, 0.1) is 11.1 Å². The summed E-state index contributed by atoms with van der Waals surface area (Å²) in [5, 5.41) is 11.2. The Bertz CT molecular complexity index is 333. The predicted octanol–water partition coefficient (Wildman–Crippen LogP) is 4.32. The molecule has 0 saturated heterocycles. The largest absolute Gasteiger partial charge is 0.391 e. The first-order chi connectivity index (χ1) is 8.13. The van der Waals surface area contributed by atoms with Gasteiger partial charge in [-0.1, -0.05) is 37.6 Å². The van der Waals surface area contributed by atoms with Crippen molar-refractivity contribution in [3.8, 4) is 0 Å². The normalized spacial score (nSPS) is 14.6. The Balaban J connectivity index is 2.28. The van der Waals surface area contributed by atoms with Crippen LogP contribution in [-0.2, 0) is 0 Å². The number of rotatable bonds is 7. The van der Waals surface area contributed by atoms with Crippen molar-refractivity contribution in [2.75, 3.05) is 11.5 Å². The molecule has 0 bridgehead atoms. The maximum absolute atomic E-state index is 9.86. The fraction of sp³-hybridized carbons (Fsp3) is 0.538. The molecule has 1 nitrogen and oxygen atoms in total. The van der Waals surface area contributed by atoms with E-state index in [-0.39, 0.29) is 6.10 Å². The zero-order valence-corrected chi connectivity index (χ0v) is 12.6. The van der Waals surface area contributed by atoms with Crippen molar-refractivity contribution in [3.63, 3.8) is 0 Å². The van der Waals surface area contributed by atoms with Crippen LogP contribution >= 0.6 is 35.1 Å². The molecule has 1 N–H and O–H groups in total. The third-order valence-electron chi connectivity index (χ3n) is 2.42. The lowest BCUT2D eigenvalue weighted by Crippen LogP contribution is -2.15. The van der Waals surface area contributed by atoms with Crippen molar-refractivity contribution >= 4 is 35.1 Å². The SMILES string of the molecule is CCC(C)SCC(O)CSc1ccccc1Cl. The lowest BCUT2D eigenvalue weighted by Gasteiger charge is -2.13. The molecule has 0 aliphatic heterocycles. The van der Waals surface area contributed by atoms with E-state index in [1.54, 1.807) is 11.8 Å². The van der Waals surface area contributed by atoms with Gasteiger partial charge >= 0.3 is 0 Å². The van der Waals surface area contributed by atoms with Crippen LogP contribution < -0.4 is 0 Å². The van der Waals surface area contributed by atoms with Crippen LogP contribution in [0.1, 0.15) is 20.3 Å². The first-order valence-corrected chi connectivity index (χ1v) is 8.21. The second-order valence-electron chi connectivity index (χ2n) is 3.95. The van der Waals surface area contributed by atoms with Gasteiger partial charge < -0.3 is 5.11 Å². The van der Waals surface area contributed by atoms with Gasteiger partial charge in [0.2, 0.25) is 0 Å². The fourth-order valence-corrected chi connectivity index (χ4v) is 3.41. The second-order valence-corrected chi connectivity index (χ2v) is 6.89. The molecule has 0 heterocycles. The highest BCUT2D eigenvalue weighted by Gasteiger charge is 2.09. The molecule has 1 aromatic rings. The zero-order valence-electron chi connectivity index (χ0n) is 10.2. The van der Waals surface area contributed by atoms with E-state index in [9.17, 15) is 5.11 Å². The summed E-state index contributed by atoms with van der Waals surface area (Å²) in [7, 11) is 0. The van der Waals surface area contributed by atoms with Gasteiger partial charge in [0.1, 0.15) is 0 Å². The molecule has 0 saturated carbocycles. The van der Waals surface area contributed by atoms with E-state index in [0.717, 1.165) is 22.1 Å². The molecule has 0 aliphatic rings. The highest BCUT2D eigenvalue weighted by Crippen LogP contribution is 2.27. The molecule has 1 rings (SSSR count). The number of thioether (sulfide) groups is 2. The minimum absolute atomic E-state index is 0.268. The van der Waals surface area contributed by atoms with Crippen molar-refractivity contribution in [1.82, 2.24) is 0 Å². The maximum atomic E-state index is 9.86. The minimum atomic E-state index is -0.268. The number of benzene rings is 1. The molecule has 2 atom stereocenters. The van der Waals surface area contributed by atoms with Crippen LogP contribution in [0.4, 0.5) is 0 Å². The van der Waals surface area contributed by atoms with E-state index in [2.05, 4.69) is 13.8 Å². The number of aliphatic hydroxyl groups is 1. The molecule has 17 heavy (non-hydrogen) atoms. The molecular weight excluding hydrogens is 272 g/mol. The molecule has 0 amide bonds. The van der Waals surface area contributed by atoms with Crippen LogP contribution in [0.25, 0.3) is 0 Å². The Morgan fingerprint density at radius 2 is 2.00 bits per heavy atom. The molecule has 96 valence electrons. The van der Waals surface area contributed by atoms with Gasteiger partial charge in [-0.05, 0) is 18.6 Å². The predicted molar refractivity (Wildman–Crippen MR) is 80.4 cm³/mol. The molecule has 0 aromatic heterocycles. The Morgan fingerprint density at radius 1 is 1.29 bits per heavy atom. The number of halogens is 1. The summed E-state index contributed by atoms with van der Waals surface area (Å²) in [5.74, 6) is 1.50. The molecule has 0 radical (unpaired) electrons. The average molecular weight is 291 g/mol. The van der Waals surface area contributed by atoms with Crippen molar-refractivity contribution in [2.45, 2.75) is 36.5 Å². The van der Waals surface area contributed by atoms with Crippen molar-refractivity contribution in [3.05, 3.63) is 29.3 Å². The third-order valence-corrected chi connectivity index (χ3v) is 5.56. The lowest BCUT2D eigenvalue weighted by molar-refractivity contribution is 0.225. The average Bonchev–Trinajstić information content (AvgIpc) is 2.35. The summed E-state index contributed by atoms with van der Waals surface area (Å²) < 4.78 is 0. The van der Waals surface area contributed by atoms with E-state index in [0.29, 0.717) is 11.0 Å². The summed E-state index contributed by atoms with van der Waals surface area (Å²) in [6, 6.07) is 7.75. The minimum Gasteiger partial charge on any atom is -0.391 e. The van der Waals surface area contributed by atoms with E-state index in [1.807, 2.05) is 36.0 Å². The summed E-state index contributed by atoms with van der Waals surface area (Å²) in [5.41, 5.74) is 0. The second kappa shape index (κ2) is 8.30. The summed E-state index contributed by atoms with van der Waals surface area (Å²) in [4.78, 5) is 1.04. The van der Waals surface area contributed by atoms with Crippen LogP contribution in [0, 0.1) is 0 Å². The summed E-state index contributed by atoms with van der Waals surface area (Å²) in [6.45, 7) is 4.36. The standard InChI is InChI=1S/C13H19ClOS2/c1-3-10(2)16-8-11(15)9-17-13-7-5-4-6-12(13)14/h4-7,10-11,15H,3,8-9H2,1-2H3. The quantitative estimate of drug-likeness (QED) is 0.755. The van der Waals surface area contributed by atoms with Gasteiger partial charge in [0.25, 0.3) is 0 Å². The van der Waals surface area contributed by atoms with Gasteiger partial charge in [-0.3, -0.25) is 0 Å².